The maximum Gasteiger partial charge on any atom is 0.352 e. The zero-order valence-electron chi connectivity index (χ0n) is 10.2. The van der Waals surface area contributed by atoms with Crippen molar-refractivity contribution in [2.75, 3.05) is 39.4 Å². The first-order valence-corrected chi connectivity index (χ1v) is 6.08. The van der Waals surface area contributed by atoms with Crippen molar-refractivity contribution in [1.82, 2.24) is 9.91 Å². The van der Waals surface area contributed by atoms with Crippen molar-refractivity contribution in [1.29, 1.82) is 0 Å². The molecule has 2 rings (SSSR count). The normalized spacial score (nSPS) is 21.9. The predicted molar refractivity (Wildman–Crippen MR) is 63.3 cm³/mol. The van der Waals surface area contributed by atoms with Crippen LogP contribution < -0.4 is 0 Å². The van der Waals surface area contributed by atoms with Crippen molar-refractivity contribution in [2.45, 2.75) is 12.8 Å². The van der Waals surface area contributed by atoms with E-state index < -0.39 is 5.97 Å². The van der Waals surface area contributed by atoms with Crippen LogP contribution in [0, 0.1) is 0 Å². The van der Waals surface area contributed by atoms with Gasteiger partial charge < -0.3 is 9.84 Å². The number of carboxylic acid groups (broad SMARTS) is 1. The Morgan fingerprint density at radius 2 is 2.00 bits per heavy atom. The van der Waals surface area contributed by atoms with Crippen molar-refractivity contribution >= 4 is 17.6 Å². The third-order valence-corrected chi connectivity index (χ3v) is 3.08. The predicted octanol–water partition coefficient (Wildman–Crippen LogP) is -0.618. The summed E-state index contributed by atoms with van der Waals surface area (Å²) in [5.41, 5.74) is 0.0663. The Balaban J connectivity index is 1.88. The Labute approximate surface area is 105 Å². The summed E-state index contributed by atoms with van der Waals surface area (Å²) >= 11 is 0. The lowest BCUT2D eigenvalue weighted by Gasteiger charge is -2.29. The summed E-state index contributed by atoms with van der Waals surface area (Å²) in [4.78, 5) is 24.6. The molecule has 1 amide bonds. The number of ether oxygens (including phenoxy) is 1. The van der Waals surface area contributed by atoms with Gasteiger partial charge >= 0.3 is 5.97 Å². The quantitative estimate of drug-likeness (QED) is 0.724. The summed E-state index contributed by atoms with van der Waals surface area (Å²) in [6, 6.07) is 0. The van der Waals surface area contributed by atoms with E-state index in [2.05, 4.69) is 10.0 Å². The molecule has 1 fully saturated rings. The topological polar surface area (TPSA) is 82.4 Å². The Bertz CT molecular complexity index is 363. The number of aliphatic carboxylic acids is 1. The van der Waals surface area contributed by atoms with Crippen LogP contribution in [0.4, 0.5) is 0 Å². The van der Waals surface area contributed by atoms with Crippen molar-refractivity contribution in [3.8, 4) is 0 Å². The number of hydrogen-bond donors (Lipinski definition) is 1. The number of carbonyl (C=O) groups excluding carboxylic acids is 1. The van der Waals surface area contributed by atoms with Gasteiger partial charge in [0.15, 0.2) is 0 Å². The number of carbonyl (C=O) groups is 2. The first kappa shape index (κ1) is 13.0. The van der Waals surface area contributed by atoms with E-state index in [9.17, 15) is 9.59 Å². The van der Waals surface area contributed by atoms with Crippen molar-refractivity contribution in [3.63, 3.8) is 0 Å². The van der Waals surface area contributed by atoms with E-state index in [1.54, 1.807) is 0 Å². The minimum atomic E-state index is -1.04. The van der Waals surface area contributed by atoms with Gasteiger partial charge in [-0.05, 0) is 0 Å². The second-order valence-corrected chi connectivity index (χ2v) is 4.32. The number of hydrogen-bond acceptors (Lipinski definition) is 5. The van der Waals surface area contributed by atoms with Crippen molar-refractivity contribution in [3.05, 3.63) is 0 Å². The summed E-state index contributed by atoms with van der Waals surface area (Å²) < 4.78 is 5.23. The molecule has 7 heteroatoms. The highest BCUT2D eigenvalue weighted by Gasteiger charge is 2.24. The summed E-state index contributed by atoms with van der Waals surface area (Å²) in [6.45, 7) is 4.24. The molecule has 2 aliphatic heterocycles. The van der Waals surface area contributed by atoms with E-state index in [0.717, 1.165) is 13.1 Å². The summed E-state index contributed by atoms with van der Waals surface area (Å²) in [6.07, 6.45) is 0.455. The standard InChI is InChI=1S/C11H17N3O4/c15-10-2-1-9(11(16)17)12-14(10)4-3-13-5-7-18-8-6-13/h1-8H2,(H,16,17). The van der Waals surface area contributed by atoms with Gasteiger partial charge in [-0.2, -0.15) is 5.10 Å². The summed E-state index contributed by atoms with van der Waals surface area (Å²) in [5.74, 6) is -1.15. The molecule has 0 aromatic carbocycles. The second kappa shape index (κ2) is 5.92. The molecular formula is C11H17N3O4. The van der Waals surface area contributed by atoms with E-state index >= 15 is 0 Å². The molecule has 2 heterocycles. The monoisotopic (exact) mass is 255 g/mol. The van der Waals surface area contributed by atoms with Gasteiger partial charge in [-0.25, -0.2) is 9.80 Å². The third-order valence-electron chi connectivity index (χ3n) is 3.08. The molecule has 7 nitrogen and oxygen atoms in total. The molecule has 0 aromatic heterocycles. The fraction of sp³-hybridized carbons (Fsp3) is 0.727. The van der Waals surface area contributed by atoms with Gasteiger partial charge in [0.1, 0.15) is 5.71 Å². The average Bonchev–Trinajstić information content (AvgIpc) is 2.38. The number of hydrazone groups is 1. The van der Waals surface area contributed by atoms with E-state index in [1.165, 1.54) is 5.01 Å². The summed E-state index contributed by atoms with van der Waals surface area (Å²) in [7, 11) is 0. The molecule has 0 aliphatic carbocycles. The number of carboxylic acids is 1. The maximum atomic E-state index is 11.6. The Morgan fingerprint density at radius 3 is 2.67 bits per heavy atom. The molecule has 1 N–H and O–H groups in total. The molecule has 0 unspecified atom stereocenters. The molecule has 0 saturated carbocycles. The van der Waals surface area contributed by atoms with Crippen LogP contribution in [0.25, 0.3) is 0 Å². The SMILES string of the molecule is O=C(O)C1=NN(CCN2CCOCC2)C(=O)CC1. The zero-order chi connectivity index (χ0) is 13.0. The minimum absolute atomic E-state index is 0.0663. The van der Waals surface area contributed by atoms with Crippen LogP contribution in [0.3, 0.4) is 0 Å². The second-order valence-electron chi connectivity index (χ2n) is 4.32. The van der Waals surface area contributed by atoms with Gasteiger partial charge in [0, 0.05) is 32.5 Å². The van der Waals surface area contributed by atoms with Crippen LogP contribution in [0.2, 0.25) is 0 Å². The van der Waals surface area contributed by atoms with Gasteiger partial charge in [0.2, 0.25) is 5.91 Å². The van der Waals surface area contributed by atoms with Gasteiger partial charge in [-0.15, -0.1) is 0 Å². The van der Waals surface area contributed by atoms with Gasteiger partial charge in [0.25, 0.3) is 0 Å². The first-order valence-electron chi connectivity index (χ1n) is 6.08. The lowest BCUT2D eigenvalue weighted by Crippen LogP contribution is -2.43. The highest BCUT2D eigenvalue weighted by Crippen LogP contribution is 2.09. The highest BCUT2D eigenvalue weighted by molar-refractivity contribution is 6.36. The minimum Gasteiger partial charge on any atom is -0.477 e. The molecular weight excluding hydrogens is 238 g/mol. The van der Waals surface area contributed by atoms with Crippen LogP contribution in [0.15, 0.2) is 5.10 Å². The van der Waals surface area contributed by atoms with Crippen LogP contribution in [0.1, 0.15) is 12.8 Å². The number of nitrogens with zero attached hydrogens (tertiary/aromatic N) is 3. The number of morpholine rings is 1. The summed E-state index contributed by atoms with van der Waals surface area (Å²) in [5, 5.41) is 14.0. The molecule has 2 aliphatic rings. The molecule has 100 valence electrons. The fourth-order valence-corrected chi connectivity index (χ4v) is 1.99. The van der Waals surface area contributed by atoms with Crippen LogP contribution in [-0.2, 0) is 14.3 Å². The fourth-order valence-electron chi connectivity index (χ4n) is 1.99. The number of amides is 1. The Hall–Kier alpha value is -1.47. The average molecular weight is 255 g/mol. The van der Waals surface area contributed by atoms with Gasteiger partial charge in [-0.3, -0.25) is 9.69 Å². The van der Waals surface area contributed by atoms with E-state index in [0.29, 0.717) is 26.3 Å². The van der Waals surface area contributed by atoms with Crippen molar-refractivity contribution < 1.29 is 19.4 Å². The van der Waals surface area contributed by atoms with Gasteiger partial charge in [0.05, 0.1) is 19.8 Å². The molecule has 18 heavy (non-hydrogen) atoms. The largest absolute Gasteiger partial charge is 0.477 e. The number of rotatable bonds is 4. The molecule has 0 radical (unpaired) electrons. The lowest BCUT2D eigenvalue weighted by atomic mass is 10.2. The smallest absolute Gasteiger partial charge is 0.352 e. The third kappa shape index (κ3) is 3.27. The van der Waals surface area contributed by atoms with Gasteiger partial charge in [-0.1, -0.05) is 0 Å². The molecule has 0 aromatic rings. The maximum absolute atomic E-state index is 11.6. The Morgan fingerprint density at radius 1 is 1.28 bits per heavy atom. The van der Waals surface area contributed by atoms with Crippen LogP contribution in [0.5, 0.6) is 0 Å². The molecule has 0 atom stereocenters. The zero-order valence-corrected chi connectivity index (χ0v) is 10.2. The molecule has 1 saturated heterocycles. The molecule has 0 spiro atoms. The van der Waals surface area contributed by atoms with Crippen LogP contribution >= 0.6 is 0 Å². The van der Waals surface area contributed by atoms with Crippen molar-refractivity contribution in [2.24, 2.45) is 5.10 Å². The van der Waals surface area contributed by atoms with Crippen LogP contribution in [-0.4, -0.2) is 72.0 Å². The Kier molecular flexibility index (Phi) is 4.27. The lowest BCUT2D eigenvalue weighted by molar-refractivity contribution is -0.133. The molecule has 0 bridgehead atoms. The van der Waals surface area contributed by atoms with E-state index in [1.807, 2.05) is 0 Å². The van der Waals surface area contributed by atoms with E-state index in [-0.39, 0.29) is 24.5 Å². The highest BCUT2D eigenvalue weighted by atomic mass is 16.5. The first-order chi connectivity index (χ1) is 8.66. The van der Waals surface area contributed by atoms with E-state index in [4.69, 9.17) is 9.84 Å².